The maximum Gasteiger partial charge on any atom is 0.229 e. The van der Waals surface area contributed by atoms with Gasteiger partial charge in [0, 0.05) is 15.6 Å². The van der Waals surface area contributed by atoms with E-state index in [0.717, 1.165) is 4.47 Å². The number of hydrogen-bond acceptors (Lipinski definition) is 2. The van der Waals surface area contributed by atoms with Crippen LogP contribution in [0.4, 0.5) is 11.4 Å². The Morgan fingerprint density at radius 3 is 2.53 bits per heavy atom. The van der Waals surface area contributed by atoms with Crippen LogP contribution in [0.15, 0.2) is 22.7 Å². The first-order valence-corrected chi connectivity index (χ1v) is 5.46. The van der Waals surface area contributed by atoms with Crippen molar-refractivity contribution in [3.8, 4) is 0 Å². The van der Waals surface area contributed by atoms with Gasteiger partial charge in [0.25, 0.3) is 0 Å². The number of benzene rings is 1. The molecule has 3 N–H and O–H groups in total. The Bertz CT molecular complexity index is 383. The Morgan fingerprint density at radius 2 is 2.00 bits per heavy atom. The maximum atomic E-state index is 11.7. The second kappa shape index (κ2) is 4.23. The van der Waals surface area contributed by atoms with Crippen LogP contribution in [-0.2, 0) is 4.79 Å². The molecule has 15 heavy (non-hydrogen) atoms. The highest BCUT2D eigenvalue weighted by molar-refractivity contribution is 9.10. The van der Waals surface area contributed by atoms with E-state index in [9.17, 15) is 4.79 Å². The minimum atomic E-state index is -0.413. The van der Waals surface area contributed by atoms with Crippen molar-refractivity contribution in [2.75, 3.05) is 11.1 Å². The zero-order valence-corrected chi connectivity index (χ0v) is 10.7. The molecule has 0 aliphatic carbocycles. The first-order chi connectivity index (χ1) is 6.80. The number of nitrogens with two attached hydrogens (primary N) is 1. The molecule has 0 heterocycles. The second-order valence-corrected chi connectivity index (χ2v) is 5.30. The van der Waals surface area contributed by atoms with Gasteiger partial charge in [-0.2, -0.15) is 0 Å². The highest BCUT2D eigenvalue weighted by atomic mass is 79.9. The number of anilines is 2. The number of carbonyl (C=O) groups excluding carboxylic acids is 1. The Morgan fingerprint density at radius 1 is 1.40 bits per heavy atom. The van der Waals surface area contributed by atoms with Crippen LogP contribution in [0.25, 0.3) is 0 Å². The van der Waals surface area contributed by atoms with Crippen LogP contribution in [0.3, 0.4) is 0 Å². The van der Waals surface area contributed by atoms with Gasteiger partial charge in [0.2, 0.25) is 5.91 Å². The third-order valence-electron chi connectivity index (χ3n) is 1.92. The summed E-state index contributed by atoms with van der Waals surface area (Å²) >= 11 is 3.36. The number of halogens is 1. The van der Waals surface area contributed by atoms with E-state index in [1.807, 2.05) is 26.8 Å². The molecular weight excluding hydrogens is 256 g/mol. The van der Waals surface area contributed by atoms with Crippen LogP contribution in [0.1, 0.15) is 20.8 Å². The molecular formula is C11H15BrN2O. The summed E-state index contributed by atoms with van der Waals surface area (Å²) in [6.45, 7) is 5.59. The second-order valence-electron chi connectivity index (χ2n) is 4.44. The lowest BCUT2D eigenvalue weighted by Gasteiger charge is -2.18. The van der Waals surface area contributed by atoms with Crippen LogP contribution < -0.4 is 11.1 Å². The Labute approximate surface area is 98.2 Å². The Kier molecular flexibility index (Phi) is 3.39. The average molecular weight is 271 g/mol. The summed E-state index contributed by atoms with van der Waals surface area (Å²) in [7, 11) is 0. The van der Waals surface area contributed by atoms with E-state index in [1.165, 1.54) is 0 Å². The summed E-state index contributed by atoms with van der Waals surface area (Å²) in [5, 5.41) is 2.83. The van der Waals surface area contributed by atoms with Gasteiger partial charge in [-0.25, -0.2) is 0 Å². The molecule has 0 bridgehead atoms. The summed E-state index contributed by atoms with van der Waals surface area (Å²) in [6, 6.07) is 5.32. The van der Waals surface area contributed by atoms with Gasteiger partial charge in [0.1, 0.15) is 0 Å². The lowest BCUT2D eigenvalue weighted by atomic mass is 9.95. The van der Waals surface area contributed by atoms with Gasteiger partial charge < -0.3 is 11.1 Å². The van der Waals surface area contributed by atoms with Gasteiger partial charge in [-0.15, -0.1) is 0 Å². The van der Waals surface area contributed by atoms with E-state index < -0.39 is 5.41 Å². The van der Waals surface area contributed by atoms with E-state index in [0.29, 0.717) is 11.4 Å². The normalized spacial score (nSPS) is 11.2. The number of amides is 1. The van der Waals surface area contributed by atoms with Gasteiger partial charge in [-0.05, 0) is 34.1 Å². The molecule has 0 saturated heterocycles. The molecule has 0 unspecified atom stereocenters. The van der Waals surface area contributed by atoms with Gasteiger partial charge in [-0.3, -0.25) is 4.79 Å². The predicted octanol–water partition coefficient (Wildman–Crippen LogP) is 3.02. The molecule has 0 aliphatic rings. The Hall–Kier alpha value is -1.03. The summed E-state index contributed by atoms with van der Waals surface area (Å²) in [5.74, 6) is -0.0335. The molecule has 1 rings (SSSR count). The van der Waals surface area contributed by atoms with Gasteiger partial charge in [0.15, 0.2) is 0 Å². The van der Waals surface area contributed by atoms with Gasteiger partial charge in [-0.1, -0.05) is 20.8 Å². The smallest absolute Gasteiger partial charge is 0.229 e. The first-order valence-electron chi connectivity index (χ1n) is 4.67. The molecule has 82 valence electrons. The number of nitrogen functional groups attached to an aromatic ring is 1. The molecule has 0 aromatic heterocycles. The molecule has 0 radical (unpaired) electrons. The third-order valence-corrected chi connectivity index (χ3v) is 2.61. The fraction of sp³-hybridized carbons (Fsp3) is 0.364. The summed E-state index contributed by atoms with van der Waals surface area (Å²) in [6.07, 6.45) is 0. The minimum Gasteiger partial charge on any atom is -0.399 e. The van der Waals surface area contributed by atoms with Crippen molar-refractivity contribution in [1.29, 1.82) is 0 Å². The summed E-state index contributed by atoms with van der Waals surface area (Å²) in [4.78, 5) is 11.7. The van der Waals surface area contributed by atoms with Crippen LogP contribution >= 0.6 is 15.9 Å². The first kappa shape index (κ1) is 12.0. The van der Waals surface area contributed by atoms with Crippen LogP contribution in [0, 0.1) is 5.41 Å². The molecule has 0 spiro atoms. The summed E-state index contributed by atoms with van der Waals surface area (Å²) < 4.78 is 0.828. The average Bonchev–Trinajstić information content (AvgIpc) is 2.09. The summed E-state index contributed by atoms with van der Waals surface area (Å²) in [5.41, 5.74) is 6.56. The SMILES string of the molecule is CC(C)(C)C(=O)Nc1cc(N)ccc1Br. The third kappa shape index (κ3) is 3.23. The number of nitrogens with one attached hydrogen (secondary N) is 1. The molecule has 0 fully saturated rings. The van der Waals surface area contributed by atoms with Crippen molar-refractivity contribution in [2.24, 2.45) is 5.41 Å². The van der Waals surface area contributed by atoms with Crippen LogP contribution in [0.5, 0.6) is 0 Å². The van der Waals surface area contributed by atoms with Gasteiger partial charge in [0.05, 0.1) is 5.69 Å². The number of rotatable bonds is 1. The van der Waals surface area contributed by atoms with E-state index in [4.69, 9.17) is 5.73 Å². The molecule has 1 amide bonds. The monoisotopic (exact) mass is 270 g/mol. The van der Waals surface area contributed by atoms with Crippen molar-refractivity contribution in [2.45, 2.75) is 20.8 Å². The van der Waals surface area contributed by atoms with Crippen LogP contribution in [-0.4, -0.2) is 5.91 Å². The standard InChI is InChI=1S/C11H15BrN2O/c1-11(2,3)10(15)14-9-6-7(13)4-5-8(9)12/h4-6H,13H2,1-3H3,(H,14,15). The zero-order chi connectivity index (χ0) is 11.6. The van der Waals surface area contributed by atoms with E-state index >= 15 is 0 Å². The highest BCUT2D eigenvalue weighted by Crippen LogP contribution is 2.26. The number of hydrogen-bond donors (Lipinski definition) is 2. The molecule has 0 aliphatic heterocycles. The van der Waals surface area contributed by atoms with Crippen LogP contribution in [0.2, 0.25) is 0 Å². The zero-order valence-electron chi connectivity index (χ0n) is 9.10. The van der Waals surface area contributed by atoms with E-state index in [2.05, 4.69) is 21.2 Å². The van der Waals surface area contributed by atoms with E-state index in [-0.39, 0.29) is 5.91 Å². The van der Waals surface area contributed by atoms with Crippen molar-refractivity contribution in [1.82, 2.24) is 0 Å². The van der Waals surface area contributed by atoms with Crippen molar-refractivity contribution < 1.29 is 4.79 Å². The fourth-order valence-corrected chi connectivity index (χ4v) is 1.29. The fourth-order valence-electron chi connectivity index (χ4n) is 0.948. The van der Waals surface area contributed by atoms with Crippen molar-refractivity contribution in [3.05, 3.63) is 22.7 Å². The molecule has 0 saturated carbocycles. The Balaban J connectivity index is 2.90. The van der Waals surface area contributed by atoms with Crippen molar-refractivity contribution in [3.63, 3.8) is 0 Å². The largest absolute Gasteiger partial charge is 0.399 e. The molecule has 1 aromatic carbocycles. The number of carbonyl (C=O) groups is 1. The van der Waals surface area contributed by atoms with Crippen molar-refractivity contribution >= 4 is 33.2 Å². The minimum absolute atomic E-state index is 0.0335. The van der Waals surface area contributed by atoms with E-state index in [1.54, 1.807) is 12.1 Å². The molecule has 3 nitrogen and oxygen atoms in total. The topological polar surface area (TPSA) is 55.1 Å². The predicted molar refractivity (Wildman–Crippen MR) is 66.6 cm³/mol. The molecule has 0 atom stereocenters. The quantitative estimate of drug-likeness (QED) is 0.771. The van der Waals surface area contributed by atoms with Gasteiger partial charge >= 0.3 is 0 Å². The highest BCUT2D eigenvalue weighted by Gasteiger charge is 2.21. The lowest BCUT2D eigenvalue weighted by Crippen LogP contribution is -2.27. The lowest BCUT2D eigenvalue weighted by molar-refractivity contribution is -0.123. The molecule has 1 aromatic rings. The maximum absolute atomic E-state index is 11.7. The molecule has 4 heteroatoms.